The fourth-order valence-electron chi connectivity index (χ4n) is 3.42. The molecule has 1 fully saturated rings. The Morgan fingerprint density at radius 1 is 1.16 bits per heavy atom. The van der Waals surface area contributed by atoms with E-state index in [4.69, 9.17) is 9.47 Å². The number of anilines is 2. The van der Waals surface area contributed by atoms with E-state index in [9.17, 15) is 14.4 Å². The van der Waals surface area contributed by atoms with Crippen molar-refractivity contribution in [2.75, 3.05) is 30.0 Å². The van der Waals surface area contributed by atoms with Crippen molar-refractivity contribution in [3.05, 3.63) is 52.5 Å². The number of aryl methyl sites for hydroxylation is 1. The van der Waals surface area contributed by atoms with Gasteiger partial charge >= 0.3 is 5.97 Å². The molecule has 1 saturated heterocycles. The number of hydrogen-bond acceptors (Lipinski definition) is 5. The first-order chi connectivity index (χ1) is 14.9. The Morgan fingerprint density at radius 3 is 2.58 bits per heavy atom. The van der Waals surface area contributed by atoms with Crippen molar-refractivity contribution in [3.8, 4) is 5.75 Å². The summed E-state index contributed by atoms with van der Waals surface area (Å²) in [6.07, 6.45) is 0.806. The zero-order valence-corrected chi connectivity index (χ0v) is 19.1. The predicted molar refractivity (Wildman–Crippen MR) is 121 cm³/mol. The highest BCUT2D eigenvalue weighted by Gasteiger charge is 2.36. The molecule has 2 aromatic carbocycles. The number of carbonyl (C=O) groups excluding carboxylic acids is 3. The third-order valence-corrected chi connectivity index (χ3v) is 5.48. The van der Waals surface area contributed by atoms with E-state index in [1.54, 1.807) is 35.2 Å². The lowest BCUT2D eigenvalue weighted by Gasteiger charge is -2.17. The molecule has 0 bridgehead atoms. The van der Waals surface area contributed by atoms with Crippen LogP contribution in [0, 0.1) is 5.92 Å². The highest BCUT2D eigenvalue weighted by Crippen LogP contribution is 2.27. The minimum Gasteiger partial charge on any atom is -0.494 e. The third-order valence-electron chi connectivity index (χ3n) is 4.99. The van der Waals surface area contributed by atoms with Crippen LogP contribution in [-0.4, -0.2) is 37.5 Å². The lowest BCUT2D eigenvalue weighted by atomic mass is 10.1. The fourth-order valence-corrected chi connectivity index (χ4v) is 3.83. The Balaban J connectivity index is 1.53. The molecular weight excluding hydrogens is 464 g/mol. The number of benzene rings is 2. The van der Waals surface area contributed by atoms with Crippen LogP contribution < -0.4 is 15.0 Å². The van der Waals surface area contributed by atoms with Crippen LogP contribution in [-0.2, 0) is 25.5 Å². The topological polar surface area (TPSA) is 84.9 Å². The Kier molecular flexibility index (Phi) is 7.68. The Labute approximate surface area is 189 Å². The minimum absolute atomic E-state index is 0.0559. The maximum atomic E-state index is 12.4. The number of esters is 1. The Bertz CT molecular complexity index is 961. The third kappa shape index (κ3) is 5.85. The molecular formula is C23H25BrN2O5. The number of ether oxygens (including phenoxy) is 2. The smallest absolute Gasteiger partial charge is 0.311 e. The summed E-state index contributed by atoms with van der Waals surface area (Å²) in [5.41, 5.74) is 2.36. The van der Waals surface area contributed by atoms with Crippen LogP contribution in [0.5, 0.6) is 5.75 Å². The zero-order chi connectivity index (χ0) is 22.4. The number of halogens is 1. The molecule has 164 valence electrons. The molecule has 0 unspecified atom stereocenters. The quantitative estimate of drug-likeness (QED) is 0.568. The molecule has 1 heterocycles. The van der Waals surface area contributed by atoms with Gasteiger partial charge in [-0.15, -0.1) is 0 Å². The summed E-state index contributed by atoms with van der Waals surface area (Å²) in [5, 5.41) is 2.77. The number of nitrogens with zero attached hydrogens (tertiary/aromatic N) is 1. The van der Waals surface area contributed by atoms with Gasteiger partial charge in [0.25, 0.3) is 5.91 Å². The van der Waals surface area contributed by atoms with Crippen LogP contribution >= 0.6 is 15.9 Å². The average molecular weight is 489 g/mol. The number of hydrogen-bond donors (Lipinski definition) is 1. The Morgan fingerprint density at radius 2 is 1.90 bits per heavy atom. The van der Waals surface area contributed by atoms with Crippen molar-refractivity contribution in [1.82, 2.24) is 0 Å². The van der Waals surface area contributed by atoms with Crippen molar-refractivity contribution in [1.29, 1.82) is 0 Å². The first kappa shape index (κ1) is 22.8. The van der Waals surface area contributed by atoms with E-state index in [1.165, 1.54) is 0 Å². The first-order valence-corrected chi connectivity index (χ1v) is 11.0. The van der Waals surface area contributed by atoms with Gasteiger partial charge in [0.15, 0.2) is 6.61 Å². The van der Waals surface area contributed by atoms with Crippen molar-refractivity contribution in [2.45, 2.75) is 26.7 Å². The van der Waals surface area contributed by atoms with Gasteiger partial charge in [-0.2, -0.15) is 0 Å². The van der Waals surface area contributed by atoms with Crippen LogP contribution in [0.2, 0.25) is 0 Å². The summed E-state index contributed by atoms with van der Waals surface area (Å²) in [7, 11) is 0. The van der Waals surface area contributed by atoms with Crippen molar-refractivity contribution in [2.24, 2.45) is 5.92 Å². The summed E-state index contributed by atoms with van der Waals surface area (Å²) in [4.78, 5) is 38.6. The number of rotatable bonds is 8. The standard InChI is InChI=1S/C23H25BrN2O5/c1-3-15-11-17(24)5-10-20(15)25-21(27)14-31-23(29)16-12-22(28)26(13-16)18-6-8-19(9-7-18)30-4-2/h5-11,16H,3-4,12-14H2,1-2H3,(H,25,27)/t16-/m0/s1. The van der Waals surface area contributed by atoms with Crippen LogP contribution in [0.15, 0.2) is 46.9 Å². The number of carbonyl (C=O) groups is 3. The van der Waals surface area contributed by atoms with Crippen molar-refractivity contribution in [3.63, 3.8) is 0 Å². The van der Waals surface area contributed by atoms with E-state index in [1.807, 2.05) is 26.0 Å². The molecule has 0 aromatic heterocycles. The molecule has 0 radical (unpaired) electrons. The van der Waals surface area contributed by atoms with E-state index >= 15 is 0 Å². The maximum Gasteiger partial charge on any atom is 0.311 e. The van der Waals surface area contributed by atoms with E-state index in [0.29, 0.717) is 18.0 Å². The average Bonchev–Trinajstić information content (AvgIpc) is 3.15. The monoisotopic (exact) mass is 488 g/mol. The van der Waals surface area contributed by atoms with Gasteiger partial charge in [-0.3, -0.25) is 14.4 Å². The maximum absolute atomic E-state index is 12.4. The van der Waals surface area contributed by atoms with Crippen LogP contribution in [0.25, 0.3) is 0 Å². The van der Waals surface area contributed by atoms with Gasteiger partial charge in [0.05, 0.1) is 12.5 Å². The van der Waals surface area contributed by atoms with E-state index in [2.05, 4.69) is 21.2 Å². The largest absolute Gasteiger partial charge is 0.494 e. The van der Waals surface area contributed by atoms with Gasteiger partial charge < -0.3 is 19.7 Å². The fraction of sp³-hybridized carbons (Fsp3) is 0.348. The zero-order valence-electron chi connectivity index (χ0n) is 17.5. The molecule has 1 aliphatic heterocycles. The normalized spacial score (nSPS) is 15.6. The van der Waals surface area contributed by atoms with Crippen molar-refractivity contribution >= 4 is 45.1 Å². The highest BCUT2D eigenvalue weighted by atomic mass is 79.9. The van der Waals surface area contributed by atoms with Gasteiger partial charge in [-0.25, -0.2) is 0 Å². The van der Waals surface area contributed by atoms with Crippen LogP contribution in [0.3, 0.4) is 0 Å². The van der Waals surface area contributed by atoms with Gasteiger partial charge in [-0.1, -0.05) is 22.9 Å². The van der Waals surface area contributed by atoms with Gasteiger partial charge in [0, 0.05) is 28.8 Å². The lowest BCUT2D eigenvalue weighted by Crippen LogP contribution is -2.28. The number of nitrogens with one attached hydrogen (secondary N) is 1. The summed E-state index contributed by atoms with van der Waals surface area (Å²) in [6.45, 7) is 4.28. The second-order valence-electron chi connectivity index (χ2n) is 7.14. The predicted octanol–water partition coefficient (Wildman–Crippen LogP) is 3.95. The van der Waals surface area contributed by atoms with Gasteiger partial charge in [-0.05, 0) is 61.4 Å². The molecule has 1 aliphatic rings. The molecule has 7 nitrogen and oxygen atoms in total. The highest BCUT2D eigenvalue weighted by molar-refractivity contribution is 9.10. The van der Waals surface area contributed by atoms with Gasteiger partial charge in [0.1, 0.15) is 5.75 Å². The summed E-state index contributed by atoms with van der Waals surface area (Å²) >= 11 is 3.41. The molecule has 1 atom stereocenters. The van der Waals surface area contributed by atoms with E-state index in [-0.39, 0.29) is 18.9 Å². The van der Waals surface area contributed by atoms with E-state index < -0.39 is 24.4 Å². The second-order valence-corrected chi connectivity index (χ2v) is 8.06. The van der Waals surface area contributed by atoms with Crippen molar-refractivity contribution < 1.29 is 23.9 Å². The Hall–Kier alpha value is -2.87. The second kappa shape index (κ2) is 10.4. The van der Waals surface area contributed by atoms with Crippen LogP contribution in [0.4, 0.5) is 11.4 Å². The minimum atomic E-state index is -0.606. The molecule has 3 rings (SSSR count). The van der Waals surface area contributed by atoms with Crippen LogP contribution in [0.1, 0.15) is 25.8 Å². The van der Waals surface area contributed by atoms with E-state index in [0.717, 1.165) is 22.2 Å². The summed E-state index contributed by atoms with van der Waals surface area (Å²) < 4.78 is 11.5. The molecule has 0 spiro atoms. The molecule has 0 saturated carbocycles. The molecule has 1 N–H and O–H groups in total. The molecule has 0 aliphatic carbocycles. The number of amides is 2. The summed E-state index contributed by atoms with van der Waals surface area (Å²) in [6, 6.07) is 12.7. The molecule has 8 heteroatoms. The summed E-state index contributed by atoms with van der Waals surface area (Å²) in [5.74, 6) is -1.01. The lowest BCUT2D eigenvalue weighted by molar-refractivity contribution is -0.151. The molecule has 31 heavy (non-hydrogen) atoms. The first-order valence-electron chi connectivity index (χ1n) is 10.2. The van der Waals surface area contributed by atoms with Gasteiger partial charge in [0.2, 0.25) is 5.91 Å². The molecule has 2 aromatic rings. The SMILES string of the molecule is CCOc1ccc(N2C[C@@H](C(=O)OCC(=O)Nc3ccc(Br)cc3CC)CC2=O)cc1. The molecule has 2 amide bonds.